The molecule has 1 fully saturated rings. The minimum absolute atomic E-state index is 0. The summed E-state index contributed by atoms with van der Waals surface area (Å²) in [5.74, 6) is 1.28. The lowest BCUT2D eigenvalue weighted by Crippen LogP contribution is -2.47. The van der Waals surface area contributed by atoms with Crippen molar-refractivity contribution in [1.29, 1.82) is 0 Å². The molecule has 0 bridgehead atoms. The van der Waals surface area contributed by atoms with Crippen molar-refractivity contribution in [3.8, 4) is 5.75 Å². The van der Waals surface area contributed by atoms with Crippen molar-refractivity contribution >= 4 is 30.1 Å². The van der Waals surface area contributed by atoms with Gasteiger partial charge >= 0.3 is 0 Å². The van der Waals surface area contributed by atoms with Crippen LogP contribution >= 0.6 is 24.2 Å². The van der Waals surface area contributed by atoms with Crippen molar-refractivity contribution in [2.75, 3.05) is 46.2 Å². The molecular weight excluding hydrogens is 348 g/mol. The lowest BCUT2D eigenvalue weighted by molar-refractivity contribution is -0.119. The Balaban J connectivity index is 0.00000288. The molecular formula is C17H27ClN2O3S. The summed E-state index contributed by atoms with van der Waals surface area (Å²) in [6.45, 7) is 3.34. The average Bonchev–Trinajstić information content (AvgIpc) is 2.59. The van der Waals surface area contributed by atoms with Crippen LogP contribution in [-0.2, 0) is 9.53 Å². The number of benzene rings is 1. The molecule has 5 nitrogen and oxygen atoms in total. The molecule has 136 valence electrons. The summed E-state index contributed by atoms with van der Waals surface area (Å²) >= 11 is 1.52. The number of hydrogen-bond donors (Lipinski definition) is 2. The van der Waals surface area contributed by atoms with Gasteiger partial charge in [-0.05, 0) is 44.1 Å². The molecule has 0 aromatic heterocycles. The second-order valence-electron chi connectivity index (χ2n) is 5.93. The third-order valence-electron chi connectivity index (χ3n) is 4.19. The van der Waals surface area contributed by atoms with E-state index in [1.54, 1.807) is 14.2 Å². The van der Waals surface area contributed by atoms with Crippen LogP contribution in [0, 0.1) is 5.41 Å². The van der Waals surface area contributed by atoms with Gasteiger partial charge in [-0.1, -0.05) is 6.07 Å². The lowest BCUT2D eigenvalue weighted by Gasteiger charge is -2.37. The van der Waals surface area contributed by atoms with E-state index in [4.69, 9.17) is 9.47 Å². The minimum Gasteiger partial charge on any atom is -0.497 e. The van der Waals surface area contributed by atoms with Gasteiger partial charge in [-0.15, -0.1) is 24.2 Å². The van der Waals surface area contributed by atoms with E-state index < -0.39 is 0 Å². The number of piperidine rings is 1. The molecule has 1 aliphatic rings. The molecule has 2 rings (SSSR count). The summed E-state index contributed by atoms with van der Waals surface area (Å²) in [5, 5.41) is 6.44. The molecule has 0 atom stereocenters. The van der Waals surface area contributed by atoms with Crippen molar-refractivity contribution in [2.45, 2.75) is 17.7 Å². The number of carbonyl (C=O) groups is 1. The van der Waals surface area contributed by atoms with Crippen molar-refractivity contribution in [3.05, 3.63) is 24.3 Å². The number of thioether (sulfide) groups is 1. The smallest absolute Gasteiger partial charge is 0.230 e. The van der Waals surface area contributed by atoms with Crippen LogP contribution in [0.2, 0.25) is 0 Å². The van der Waals surface area contributed by atoms with Crippen LogP contribution in [0.5, 0.6) is 5.75 Å². The van der Waals surface area contributed by atoms with Crippen LogP contribution in [0.25, 0.3) is 0 Å². The highest BCUT2D eigenvalue weighted by atomic mass is 35.5. The number of hydrogen-bond acceptors (Lipinski definition) is 5. The molecule has 0 saturated carbocycles. The van der Waals surface area contributed by atoms with Crippen LogP contribution < -0.4 is 15.4 Å². The molecule has 1 saturated heterocycles. The Morgan fingerprint density at radius 3 is 2.75 bits per heavy atom. The van der Waals surface area contributed by atoms with E-state index >= 15 is 0 Å². The van der Waals surface area contributed by atoms with Crippen LogP contribution in [0.15, 0.2) is 29.2 Å². The Hall–Kier alpha value is -0.950. The second kappa shape index (κ2) is 10.8. The number of nitrogens with one attached hydrogen (secondary N) is 2. The molecule has 1 amide bonds. The maximum Gasteiger partial charge on any atom is 0.230 e. The largest absolute Gasteiger partial charge is 0.497 e. The van der Waals surface area contributed by atoms with Crippen LogP contribution in [0.3, 0.4) is 0 Å². The molecule has 1 aromatic carbocycles. The second-order valence-corrected chi connectivity index (χ2v) is 6.98. The van der Waals surface area contributed by atoms with Crippen molar-refractivity contribution in [1.82, 2.24) is 10.6 Å². The lowest BCUT2D eigenvalue weighted by atomic mass is 9.79. The van der Waals surface area contributed by atoms with E-state index in [9.17, 15) is 4.79 Å². The van der Waals surface area contributed by atoms with Crippen LogP contribution in [0.4, 0.5) is 0 Å². The molecule has 0 unspecified atom stereocenters. The molecule has 7 heteroatoms. The first-order valence-electron chi connectivity index (χ1n) is 7.91. The highest BCUT2D eigenvalue weighted by Crippen LogP contribution is 2.28. The number of ether oxygens (including phenoxy) is 2. The summed E-state index contributed by atoms with van der Waals surface area (Å²) < 4.78 is 10.6. The number of methoxy groups -OCH3 is 2. The van der Waals surface area contributed by atoms with E-state index in [1.807, 2.05) is 24.3 Å². The van der Waals surface area contributed by atoms with E-state index in [0.29, 0.717) is 18.9 Å². The standard InChI is InChI=1S/C17H26N2O3S.ClH/c1-21-13-17(6-8-18-9-7-17)12-19-16(20)11-23-15-5-3-4-14(10-15)22-2;/h3-5,10,18H,6-9,11-13H2,1-2H3,(H,19,20);1H. The van der Waals surface area contributed by atoms with Gasteiger partial charge in [-0.2, -0.15) is 0 Å². The van der Waals surface area contributed by atoms with Crippen LogP contribution in [0.1, 0.15) is 12.8 Å². The maximum atomic E-state index is 12.1. The zero-order chi connectivity index (χ0) is 16.5. The molecule has 0 radical (unpaired) electrons. The molecule has 0 aliphatic carbocycles. The fourth-order valence-corrected chi connectivity index (χ4v) is 3.59. The number of rotatable bonds is 8. The first-order valence-corrected chi connectivity index (χ1v) is 8.89. The Labute approximate surface area is 154 Å². The molecule has 1 aromatic rings. The van der Waals surface area contributed by atoms with Gasteiger partial charge in [-0.3, -0.25) is 4.79 Å². The Morgan fingerprint density at radius 1 is 1.33 bits per heavy atom. The Morgan fingerprint density at radius 2 is 2.08 bits per heavy atom. The normalized spacial score (nSPS) is 16.1. The van der Waals surface area contributed by atoms with Gasteiger partial charge in [-0.25, -0.2) is 0 Å². The van der Waals surface area contributed by atoms with Gasteiger partial charge in [0.2, 0.25) is 5.91 Å². The zero-order valence-corrected chi connectivity index (χ0v) is 15.9. The van der Waals surface area contributed by atoms with Gasteiger partial charge in [0.15, 0.2) is 0 Å². The first kappa shape index (κ1) is 21.1. The first-order chi connectivity index (χ1) is 11.2. The highest BCUT2D eigenvalue weighted by Gasteiger charge is 2.32. The molecule has 24 heavy (non-hydrogen) atoms. The van der Waals surface area contributed by atoms with E-state index in [-0.39, 0.29) is 23.7 Å². The fraction of sp³-hybridized carbons (Fsp3) is 0.588. The minimum atomic E-state index is 0. The van der Waals surface area contributed by atoms with E-state index in [2.05, 4.69) is 10.6 Å². The number of amides is 1. The summed E-state index contributed by atoms with van der Waals surface area (Å²) in [5.41, 5.74) is 0.0658. The molecule has 0 spiro atoms. The summed E-state index contributed by atoms with van der Waals surface area (Å²) in [6.07, 6.45) is 2.06. The summed E-state index contributed by atoms with van der Waals surface area (Å²) in [6, 6.07) is 7.76. The van der Waals surface area contributed by atoms with Gasteiger partial charge < -0.3 is 20.1 Å². The average molecular weight is 375 g/mol. The van der Waals surface area contributed by atoms with Gasteiger partial charge in [0.25, 0.3) is 0 Å². The molecule has 1 heterocycles. The number of carbonyl (C=O) groups excluding carboxylic acids is 1. The third-order valence-corrected chi connectivity index (χ3v) is 5.18. The Bertz CT molecular complexity index is 505. The predicted molar refractivity (Wildman–Crippen MR) is 100 cm³/mol. The molecule has 1 aliphatic heterocycles. The third kappa shape index (κ3) is 6.51. The van der Waals surface area contributed by atoms with Crippen molar-refractivity contribution < 1.29 is 14.3 Å². The van der Waals surface area contributed by atoms with Gasteiger partial charge in [0.05, 0.1) is 19.5 Å². The summed E-state index contributed by atoms with van der Waals surface area (Å²) in [7, 11) is 3.37. The zero-order valence-electron chi connectivity index (χ0n) is 14.3. The number of halogens is 1. The van der Waals surface area contributed by atoms with Crippen LogP contribution in [-0.4, -0.2) is 52.1 Å². The van der Waals surface area contributed by atoms with Gasteiger partial charge in [0.1, 0.15) is 5.75 Å². The monoisotopic (exact) mass is 374 g/mol. The van der Waals surface area contributed by atoms with Crippen molar-refractivity contribution in [2.24, 2.45) is 5.41 Å². The van der Waals surface area contributed by atoms with Gasteiger partial charge in [0, 0.05) is 24.0 Å². The predicted octanol–water partition coefficient (Wildman–Crippen LogP) is 2.34. The summed E-state index contributed by atoms with van der Waals surface area (Å²) in [4.78, 5) is 13.2. The molecule has 2 N–H and O–H groups in total. The van der Waals surface area contributed by atoms with E-state index in [0.717, 1.165) is 36.6 Å². The Kier molecular flexibility index (Phi) is 9.51. The fourth-order valence-electron chi connectivity index (χ4n) is 2.81. The van der Waals surface area contributed by atoms with E-state index in [1.165, 1.54) is 11.8 Å². The topological polar surface area (TPSA) is 59.6 Å². The van der Waals surface area contributed by atoms with Crippen molar-refractivity contribution in [3.63, 3.8) is 0 Å². The highest BCUT2D eigenvalue weighted by molar-refractivity contribution is 8.00. The maximum absolute atomic E-state index is 12.1. The SMILES string of the molecule is COCC1(CNC(=O)CSc2cccc(OC)c2)CCNCC1.Cl. The quantitative estimate of drug-likeness (QED) is 0.684.